The molecule has 0 N–H and O–H groups in total. The first-order chi connectivity index (χ1) is 20.6. The van der Waals surface area contributed by atoms with E-state index in [0.29, 0.717) is 36.5 Å². The first-order valence-corrected chi connectivity index (χ1v) is 15.9. The topological polar surface area (TPSA) is 27.7 Å². The van der Waals surface area contributed by atoms with Gasteiger partial charge in [-0.1, -0.05) is 44.7 Å². The van der Waals surface area contributed by atoms with E-state index >= 15 is 4.39 Å². The largest absolute Gasteiger partial charge is 0.432 e. The molecule has 2 aliphatic carbocycles. The number of alkyl halides is 2. The Kier molecular flexibility index (Phi) is 10.6. The van der Waals surface area contributed by atoms with Gasteiger partial charge in [0.25, 0.3) is 0 Å². The Morgan fingerprint density at radius 1 is 0.767 bits per heavy atom. The van der Waals surface area contributed by atoms with Crippen molar-refractivity contribution in [3.63, 3.8) is 0 Å². The smallest absolute Gasteiger partial charge is 0.400 e. The molecule has 1 heterocycles. The molecule has 3 fully saturated rings. The summed E-state index contributed by atoms with van der Waals surface area (Å²) >= 11 is 0. The van der Waals surface area contributed by atoms with E-state index in [0.717, 1.165) is 24.3 Å². The van der Waals surface area contributed by atoms with E-state index in [1.807, 2.05) is 12.1 Å². The molecule has 0 radical (unpaired) electrons. The van der Waals surface area contributed by atoms with Crippen LogP contribution in [0, 0.1) is 41.0 Å². The zero-order valence-electron chi connectivity index (χ0n) is 24.7. The molecule has 0 unspecified atom stereocenters. The summed E-state index contributed by atoms with van der Waals surface area (Å²) in [5.74, 6) is -6.26. The summed E-state index contributed by atoms with van der Waals surface area (Å²) < 4.78 is 101. The highest BCUT2D eigenvalue weighted by molar-refractivity contribution is 5.30. The fraction of sp³-hybridized carbons (Fsp3) is 0.647. The Balaban J connectivity index is 1.08. The van der Waals surface area contributed by atoms with E-state index < -0.39 is 41.5 Å². The van der Waals surface area contributed by atoms with Crippen LogP contribution in [0.2, 0.25) is 0 Å². The first-order valence-electron chi connectivity index (χ1n) is 15.9. The van der Waals surface area contributed by atoms with Gasteiger partial charge in [-0.3, -0.25) is 0 Å². The molecule has 238 valence electrons. The fourth-order valence-corrected chi connectivity index (χ4v) is 7.12. The maximum atomic E-state index is 15.2. The van der Waals surface area contributed by atoms with E-state index in [9.17, 15) is 22.0 Å². The maximum Gasteiger partial charge on any atom is 0.400 e. The molecule has 2 aromatic rings. The van der Waals surface area contributed by atoms with Crippen molar-refractivity contribution in [1.82, 2.24) is 0 Å². The molecular weight excluding hydrogens is 570 g/mol. The van der Waals surface area contributed by atoms with Gasteiger partial charge in [0.05, 0.1) is 19.1 Å². The van der Waals surface area contributed by atoms with Gasteiger partial charge < -0.3 is 14.2 Å². The summed E-state index contributed by atoms with van der Waals surface area (Å²) in [5, 5.41) is 0. The monoisotopic (exact) mass is 612 g/mol. The summed E-state index contributed by atoms with van der Waals surface area (Å²) in [4.78, 5) is 0. The van der Waals surface area contributed by atoms with E-state index in [-0.39, 0.29) is 43.7 Å². The number of benzene rings is 2. The highest BCUT2D eigenvalue weighted by Crippen LogP contribution is 2.43. The molecule has 43 heavy (non-hydrogen) atoms. The van der Waals surface area contributed by atoms with Crippen LogP contribution < -0.4 is 4.74 Å². The Labute approximate surface area is 250 Å². The molecule has 0 atom stereocenters. The van der Waals surface area contributed by atoms with Crippen LogP contribution in [0.1, 0.15) is 107 Å². The second kappa shape index (κ2) is 14.2. The molecule has 0 amide bonds. The minimum atomic E-state index is -3.68. The molecule has 0 aromatic heterocycles. The van der Waals surface area contributed by atoms with Gasteiger partial charge in [-0.25, -0.2) is 17.6 Å². The lowest BCUT2D eigenvalue weighted by Gasteiger charge is -2.39. The molecule has 1 aliphatic heterocycles. The van der Waals surface area contributed by atoms with Gasteiger partial charge in [-0.15, -0.1) is 0 Å². The molecule has 2 saturated carbocycles. The molecule has 2 aromatic carbocycles. The summed E-state index contributed by atoms with van der Waals surface area (Å²) in [6, 6.07) is 6.41. The molecule has 0 bridgehead atoms. The van der Waals surface area contributed by atoms with Gasteiger partial charge in [0.2, 0.25) is 0 Å². The average Bonchev–Trinajstić information content (AvgIpc) is 3.00. The lowest BCUT2D eigenvalue weighted by atomic mass is 9.76. The number of hydrogen-bond donors (Lipinski definition) is 0. The van der Waals surface area contributed by atoms with E-state index in [1.165, 1.54) is 38.5 Å². The van der Waals surface area contributed by atoms with E-state index in [4.69, 9.17) is 9.47 Å². The van der Waals surface area contributed by atoms with Crippen LogP contribution in [-0.2, 0) is 9.47 Å². The Morgan fingerprint density at radius 2 is 1.42 bits per heavy atom. The first kappa shape index (κ1) is 32.1. The molecular formula is C34H42F6O3. The minimum absolute atomic E-state index is 0.0905. The van der Waals surface area contributed by atoms with Crippen molar-refractivity contribution in [1.29, 1.82) is 0 Å². The van der Waals surface area contributed by atoms with Gasteiger partial charge in [-0.05, 0) is 80.4 Å². The predicted molar refractivity (Wildman–Crippen MR) is 151 cm³/mol. The van der Waals surface area contributed by atoms with Crippen LogP contribution in [0.4, 0.5) is 26.3 Å². The lowest BCUT2D eigenvalue weighted by molar-refractivity contribution is -0.242. The van der Waals surface area contributed by atoms with Crippen LogP contribution in [0.3, 0.4) is 0 Å². The van der Waals surface area contributed by atoms with Crippen molar-refractivity contribution in [3.8, 4) is 5.75 Å². The summed E-state index contributed by atoms with van der Waals surface area (Å²) in [6.45, 7) is 2.79. The van der Waals surface area contributed by atoms with Gasteiger partial charge in [0.1, 0.15) is 11.6 Å². The highest BCUT2D eigenvalue weighted by atomic mass is 19.3. The third kappa shape index (κ3) is 7.88. The second-order valence-corrected chi connectivity index (χ2v) is 12.7. The normalized spacial score (nSPS) is 28.5. The number of unbranched alkanes of at least 4 members (excludes halogenated alkanes) is 2. The zero-order chi connectivity index (χ0) is 30.6. The van der Waals surface area contributed by atoms with E-state index in [1.54, 1.807) is 6.07 Å². The van der Waals surface area contributed by atoms with Crippen molar-refractivity contribution in [2.75, 3.05) is 13.2 Å². The van der Waals surface area contributed by atoms with Crippen molar-refractivity contribution in [2.45, 2.75) is 108 Å². The summed E-state index contributed by atoms with van der Waals surface area (Å²) in [6.07, 6.45) is 6.49. The molecule has 9 heteroatoms. The summed E-state index contributed by atoms with van der Waals surface area (Å²) in [5.41, 5.74) is 1.64. The van der Waals surface area contributed by atoms with Gasteiger partial charge in [0, 0.05) is 24.0 Å². The third-order valence-corrected chi connectivity index (χ3v) is 9.77. The van der Waals surface area contributed by atoms with Crippen molar-refractivity contribution >= 4 is 0 Å². The molecule has 3 aliphatic rings. The SMILES string of the molecule is CCCCCC1CCC(c2ccc(C3COC(C4CCC(C(F)(F)Oc5cc(F)c(F)c(F)c5)CC4)OC3)c(F)c2)CC1. The number of halogens is 6. The molecule has 3 nitrogen and oxygen atoms in total. The summed E-state index contributed by atoms with van der Waals surface area (Å²) in [7, 11) is 0. The van der Waals surface area contributed by atoms with E-state index in [2.05, 4.69) is 11.7 Å². The highest BCUT2D eigenvalue weighted by Gasteiger charge is 2.46. The van der Waals surface area contributed by atoms with Gasteiger partial charge in [0.15, 0.2) is 23.7 Å². The second-order valence-electron chi connectivity index (χ2n) is 12.7. The third-order valence-electron chi connectivity index (χ3n) is 9.77. The zero-order valence-corrected chi connectivity index (χ0v) is 24.7. The quantitative estimate of drug-likeness (QED) is 0.152. The van der Waals surface area contributed by atoms with Crippen molar-refractivity contribution in [2.24, 2.45) is 17.8 Å². The number of hydrogen-bond acceptors (Lipinski definition) is 3. The maximum absolute atomic E-state index is 15.2. The number of ether oxygens (including phenoxy) is 3. The van der Waals surface area contributed by atoms with Gasteiger partial charge in [-0.2, -0.15) is 8.78 Å². The van der Waals surface area contributed by atoms with Crippen molar-refractivity contribution < 1.29 is 40.6 Å². The fourth-order valence-electron chi connectivity index (χ4n) is 7.12. The molecule has 0 spiro atoms. The lowest BCUT2D eigenvalue weighted by Crippen LogP contribution is -2.41. The Hall–Kier alpha value is -2.26. The average molecular weight is 613 g/mol. The number of rotatable bonds is 10. The van der Waals surface area contributed by atoms with Crippen LogP contribution in [0.15, 0.2) is 30.3 Å². The van der Waals surface area contributed by atoms with Crippen LogP contribution in [0.25, 0.3) is 0 Å². The predicted octanol–water partition coefficient (Wildman–Crippen LogP) is 10.0. The molecule has 5 rings (SSSR count). The standard InChI is InChI=1S/C34H42F6O3/c1-2-3-4-5-21-6-8-22(9-7-21)24-12-15-28(29(35)16-24)25-19-41-33(42-20-25)23-10-13-26(14-11-23)34(39,40)43-27-17-30(36)32(38)31(37)18-27/h12,15-18,21-23,25-26,33H,2-11,13-14,19-20H2,1H3. The van der Waals surface area contributed by atoms with Crippen LogP contribution in [-0.4, -0.2) is 25.6 Å². The van der Waals surface area contributed by atoms with Crippen LogP contribution >= 0.6 is 0 Å². The minimum Gasteiger partial charge on any atom is -0.432 e. The van der Waals surface area contributed by atoms with Crippen molar-refractivity contribution in [3.05, 3.63) is 64.7 Å². The van der Waals surface area contributed by atoms with Crippen LogP contribution in [0.5, 0.6) is 5.75 Å². The Morgan fingerprint density at radius 3 is 2.02 bits per heavy atom. The van der Waals surface area contributed by atoms with Gasteiger partial charge >= 0.3 is 6.11 Å². The Bertz CT molecular complexity index is 1180. The molecule has 1 saturated heterocycles.